The van der Waals surface area contributed by atoms with Gasteiger partial charge in [-0.15, -0.1) is 0 Å². The lowest BCUT2D eigenvalue weighted by Crippen LogP contribution is -2.36. The first-order valence-electron chi connectivity index (χ1n) is 9.40. The van der Waals surface area contributed by atoms with Crippen LogP contribution in [0.15, 0.2) is 47.8 Å². The third kappa shape index (κ3) is 3.14. The third-order valence-electron chi connectivity index (χ3n) is 5.65. The number of ether oxygens (including phenoxy) is 3. The Labute approximate surface area is 178 Å². The summed E-state index contributed by atoms with van der Waals surface area (Å²) in [5.41, 5.74) is 2.69. The maximum atomic E-state index is 13.1. The van der Waals surface area contributed by atoms with Gasteiger partial charge in [-0.1, -0.05) is 23.7 Å². The van der Waals surface area contributed by atoms with Gasteiger partial charge in [-0.2, -0.15) is 0 Å². The van der Waals surface area contributed by atoms with Crippen LogP contribution in [0.3, 0.4) is 0 Å². The fraction of sp³-hybridized carbons (Fsp3) is 0.318. The Balaban J connectivity index is 1.75. The van der Waals surface area contributed by atoms with Crippen LogP contribution in [0.1, 0.15) is 18.9 Å². The number of methoxy groups -OCH3 is 2. The minimum Gasteiger partial charge on any atom is -0.471 e. The predicted octanol–water partition coefficient (Wildman–Crippen LogP) is 3.24. The second kappa shape index (κ2) is 7.74. The van der Waals surface area contributed by atoms with E-state index in [9.17, 15) is 14.4 Å². The van der Waals surface area contributed by atoms with Crippen LogP contribution in [0.5, 0.6) is 0 Å². The van der Waals surface area contributed by atoms with E-state index < -0.39 is 24.1 Å². The fourth-order valence-corrected chi connectivity index (χ4v) is 4.48. The van der Waals surface area contributed by atoms with Gasteiger partial charge in [0.15, 0.2) is 0 Å². The number of esters is 1. The highest BCUT2D eigenvalue weighted by Crippen LogP contribution is 2.46. The molecule has 8 heteroatoms. The number of hydrogen-bond acceptors (Lipinski definition) is 6. The second-order valence-corrected chi connectivity index (χ2v) is 7.69. The topological polar surface area (TPSA) is 82.1 Å². The van der Waals surface area contributed by atoms with Crippen molar-refractivity contribution >= 4 is 40.6 Å². The average Bonchev–Trinajstić information content (AvgIpc) is 3.26. The number of fused-ring (bicyclic) bond motifs is 2. The van der Waals surface area contributed by atoms with Gasteiger partial charge in [-0.25, -0.2) is 9.69 Å². The van der Waals surface area contributed by atoms with Crippen LogP contribution in [0, 0.1) is 11.8 Å². The Bertz CT molecular complexity index is 1040. The number of rotatable bonds is 3. The van der Waals surface area contributed by atoms with Crippen LogP contribution in [-0.2, 0) is 28.6 Å². The van der Waals surface area contributed by atoms with E-state index in [-0.39, 0.29) is 11.8 Å². The largest absolute Gasteiger partial charge is 0.471 e. The van der Waals surface area contributed by atoms with Gasteiger partial charge in [0.1, 0.15) is 0 Å². The maximum Gasteiger partial charge on any atom is 0.337 e. The minimum absolute atomic E-state index is 0.187. The molecule has 30 heavy (non-hydrogen) atoms. The SMILES string of the molecule is COC(=O)C1=CO[C@@H](OC)C2C(/C=C3/C(=O)N(C(C)=O)c4cc(Cl)ccc43)=CCC12. The van der Waals surface area contributed by atoms with Crippen molar-refractivity contribution in [2.24, 2.45) is 11.8 Å². The summed E-state index contributed by atoms with van der Waals surface area (Å²) in [7, 11) is 2.85. The molecular weight excluding hydrogens is 410 g/mol. The Hall–Kier alpha value is -2.90. The van der Waals surface area contributed by atoms with Crippen molar-refractivity contribution in [2.75, 3.05) is 19.1 Å². The zero-order valence-electron chi connectivity index (χ0n) is 16.7. The number of halogens is 1. The second-order valence-electron chi connectivity index (χ2n) is 7.26. The molecule has 3 atom stereocenters. The van der Waals surface area contributed by atoms with Crippen molar-refractivity contribution in [3.05, 3.63) is 58.3 Å². The summed E-state index contributed by atoms with van der Waals surface area (Å²) in [6.45, 7) is 1.33. The standard InChI is InChI=1S/C22H20ClNO6/c1-11(25)24-18-9-13(23)5-7-14(18)16(20(24)26)8-12-4-6-15-17(21(27)28-2)10-30-22(29-3)19(12)15/h4-5,7-10,15,19,22H,6H2,1-3H3/b16-8+/t15?,19?,22-/m1/s1. The fourth-order valence-electron chi connectivity index (χ4n) is 4.31. The van der Waals surface area contributed by atoms with E-state index in [1.165, 1.54) is 27.4 Å². The van der Waals surface area contributed by atoms with E-state index >= 15 is 0 Å². The smallest absolute Gasteiger partial charge is 0.337 e. The number of allylic oxidation sites excluding steroid dienone is 2. The van der Waals surface area contributed by atoms with Gasteiger partial charge in [0, 0.05) is 36.1 Å². The molecule has 2 heterocycles. The molecule has 1 aliphatic carbocycles. The highest BCUT2D eigenvalue weighted by Gasteiger charge is 2.45. The van der Waals surface area contributed by atoms with Crippen molar-refractivity contribution < 1.29 is 28.6 Å². The highest BCUT2D eigenvalue weighted by molar-refractivity contribution is 6.40. The summed E-state index contributed by atoms with van der Waals surface area (Å²) in [5, 5.41) is 0.433. The first-order valence-corrected chi connectivity index (χ1v) is 9.78. The number of amides is 2. The van der Waals surface area contributed by atoms with E-state index in [0.29, 0.717) is 33.8 Å². The Morgan fingerprint density at radius 2 is 2.07 bits per heavy atom. The molecule has 3 aliphatic rings. The van der Waals surface area contributed by atoms with Crippen molar-refractivity contribution in [3.63, 3.8) is 0 Å². The quantitative estimate of drug-likeness (QED) is 0.542. The third-order valence-corrected chi connectivity index (χ3v) is 5.89. The molecule has 0 radical (unpaired) electrons. The number of carbonyl (C=O) groups excluding carboxylic acids is 3. The summed E-state index contributed by atoms with van der Waals surface area (Å²) >= 11 is 6.08. The average molecular weight is 430 g/mol. The molecule has 2 aliphatic heterocycles. The number of benzene rings is 1. The maximum absolute atomic E-state index is 13.1. The monoisotopic (exact) mass is 429 g/mol. The first-order chi connectivity index (χ1) is 14.4. The van der Waals surface area contributed by atoms with Crippen molar-refractivity contribution in [1.82, 2.24) is 0 Å². The molecule has 2 unspecified atom stereocenters. The summed E-state index contributed by atoms with van der Waals surface area (Å²) in [6, 6.07) is 5.00. The predicted molar refractivity (Wildman–Crippen MR) is 109 cm³/mol. The lowest BCUT2D eigenvalue weighted by molar-refractivity contribution is -0.145. The van der Waals surface area contributed by atoms with Crippen molar-refractivity contribution in [3.8, 4) is 0 Å². The lowest BCUT2D eigenvalue weighted by Gasteiger charge is -2.33. The summed E-state index contributed by atoms with van der Waals surface area (Å²) in [6.07, 6.45) is 5.06. The molecule has 0 spiro atoms. The molecule has 2 amide bonds. The van der Waals surface area contributed by atoms with E-state index in [1.807, 2.05) is 6.08 Å². The summed E-state index contributed by atoms with van der Waals surface area (Å²) in [4.78, 5) is 38.4. The van der Waals surface area contributed by atoms with Crippen molar-refractivity contribution in [2.45, 2.75) is 19.6 Å². The molecule has 0 fully saturated rings. The normalized spacial score (nSPS) is 26.0. The molecule has 0 N–H and O–H groups in total. The van der Waals surface area contributed by atoms with E-state index in [4.69, 9.17) is 25.8 Å². The van der Waals surface area contributed by atoms with Gasteiger partial charge in [-0.05, 0) is 30.2 Å². The first kappa shape index (κ1) is 20.4. The van der Waals surface area contributed by atoms with Crippen LogP contribution in [0.2, 0.25) is 5.02 Å². The Kier molecular flexibility index (Phi) is 5.26. The Morgan fingerprint density at radius 1 is 1.30 bits per heavy atom. The van der Waals surface area contributed by atoms with Gasteiger partial charge < -0.3 is 14.2 Å². The number of imide groups is 1. The van der Waals surface area contributed by atoms with Crippen LogP contribution in [0.4, 0.5) is 5.69 Å². The highest BCUT2D eigenvalue weighted by atomic mass is 35.5. The summed E-state index contributed by atoms with van der Waals surface area (Å²) in [5.74, 6) is -1.75. The zero-order valence-corrected chi connectivity index (χ0v) is 17.4. The molecule has 1 aromatic carbocycles. The molecule has 156 valence electrons. The molecule has 0 bridgehead atoms. The number of carbonyl (C=O) groups is 3. The Morgan fingerprint density at radius 3 is 2.73 bits per heavy atom. The molecule has 0 saturated carbocycles. The lowest BCUT2D eigenvalue weighted by atomic mass is 9.82. The van der Waals surface area contributed by atoms with Gasteiger partial charge >= 0.3 is 5.97 Å². The number of anilines is 1. The molecule has 0 aromatic heterocycles. The summed E-state index contributed by atoms with van der Waals surface area (Å²) < 4.78 is 16.0. The molecule has 7 nitrogen and oxygen atoms in total. The van der Waals surface area contributed by atoms with Gasteiger partial charge in [0.2, 0.25) is 12.2 Å². The minimum atomic E-state index is -0.612. The number of hydrogen-bond donors (Lipinski definition) is 0. The van der Waals surface area contributed by atoms with Gasteiger partial charge in [0.25, 0.3) is 5.91 Å². The molecule has 1 aromatic rings. The molecule has 4 rings (SSSR count). The molecular formula is C22H20ClNO6. The van der Waals surface area contributed by atoms with Crippen LogP contribution < -0.4 is 4.90 Å². The van der Waals surface area contributed by atoms with Gasteiger partial charge in [-0.3, -0.25) is 9.59 Å². The molecule has 0 saturated heterocycles. The van der Waals surface area contributed by atoms with Gasteiger partial charge in [0.05, 0.1) is 30.6 Å². The van der Waals surface area contributed by atoms with E-state index in [2.05, 4.69) is 0 Å². The van der Waals surface area contributed by atoms with Crippen LogP contribution >= 0.6 is 11.6 Å². The number of nitrogens with zero attached hydrogens (tertiary/aromatic N) is 1. The van der Waals surface area contributed by atoms with E-state index in [0.717, 1.165) is 10.5 Å². The van der Waals surface area contributed by atoms with Crippen LogP contribution in [-0.4, -0.2) is 38.3 Å². The van der Waals surface area contributed by atoms with Crippen molar-refractivity contribution in [1.29, 1.82) is 0 Å². The zero-order chi connectivity index (χ0) is 21.6. The van der Waals surface area contributed by atoms with Crippen LogP contribution in [0.25, 0.3) is 5.57 Å². The van der Waals surface area contributed by atoms with E-state index in [1.54, 1.807) is 24.3 Å².